The Morgan fingerprint density at radius 2 is 1.82 bits per heavy atom. The number of ether oxygens (including phenoxy) is 2. The van der Waals surface area contributed by atoms with Gasteiger partial charge in [0.2, 0.25) is 0 Å². The first kappa shape index (κ1) is 22.9. The molecule has 1 aromatic carbocycles. The third kappa shape index (κ3) is 7.57. The van der Waals surface area contributed by atoms with Crippen LogP contribution in [0.1, 0.15) is 16.8 Å². The second-order valence-corrected chi connectivity index (χ2v) is 7.56. The second kappa shape index (κ2) is 11.6. The molecule has 0 fully saturated rings. The molecule has 2 rings (SSSR count). The lowest BCUT2D eigenvalue weighted by Gasteiger charge is -2.12. The van der Waals surface area contributed by atoms with Gasteiger partial charge in [0.15, 0.2) is 5.75 Å². The highest BCUT2D eigenvalue weighted by molar-refractivity contribution is 6.55. The maximum Gasteiger partial charge on any atom is 0.252 e. The molecule has 28 heavy (non-hydrogen) atoms. The molecule has 0 saturated heterocycles. The van der Waals surface area contributed by atoms with Gasteiger partial charge in [-0.05, 0) is 24.6 Å². The van der Waals surface area contributed by atoms with Crippen LogP contribution in [0, 0.1) is 0 Å². The first-order chi connectivity index (χ1) is 13.4. The van der Waals surface area contributed by atoms with Crippen molar-refractivity contribution in [3.8, 4) is 11.5 Å². The van der Waals surface area contributed by atoms with Gasteiger partial charge in [0.25, 0.3) is 5.91 Å². The molecule has 0 saturated carbocycles. The molecule has 0 bridgehead atoms. The highest BCUT2D eigenvalue weighted by Crippen LogP contribution is 2.37. The number of carbonyl (C=O) groups excluding carboxylic acids is 1. The monoisotopic (exact) mass is 482 g/mol. The van der Waals surface area contributed by atoms with Gasteiger partial charge < -0.3 is 14.8 Å². The third-order valence-electron chi connectivity index (χ3n) is 3.30. The minimum Gasteiger partial charge on any atom is -0.490 e. The fourth-order valence-electron chi connectivity index (χ4n) is 2.02. The molecular formula is C18H15Cl5N2O3. The molecule has 0 atom stereocenters. The minimum atomic E-state index is -0.243. The summed E-state index contributed by atoms with van der Waals surface area (Å²) in [5.41, 5.74) is 0.428. The fourth-order valence-corrected chi connectivity index (χ4v) is 2.83. The summed E-state index contributed by atoms with van der Waals surface area (Å²) in [5.74, 6) is 0.555. The summed E-state index contributed by atoms with van der Waals surface area (Å²) >= 11 is 29.1. The van der Waals surface area contributed by atoms with E-state index in [1.165, 1.54) is 12.3 Å². The van der Waals surface area contributed by atoms with E-state index in [2.05, 4.69) is 10.3 Å². The molecule has 1 heterocycles. The van der Waals surface area contributed by atoms with E-state index in [0.29, 0.717) is 51.8 Å². The number of hydrogen-bond donors (Lipinski definition) is 1. The van der Waals surface area contributed by atoms with Crippen LogP contribution in [0.25, 0.3) is 0 Å². The lowest BCUT2D eigenvalue weighted by molar-refractivity contribution is 0.0951. The van der Waals surface area contributed by atoms with Crippen molar-refractivity contribution in [3.05, 3.63) is 61.8 Å². The highest BCUT2D eigenvalue weighted by Gasteiger charge is 2.11. The number of carbonyl (C=O) groups is 1. The van der Waals surface area contributed by atoms with Crippen molar-refractivity contribution in [1.29, 1.82) is 0 Å². The Morgan fingerprint density at radius 1 is 1.11 bits per heavy atom. The first-order valence-corrected chi connectivity index (χ1v) is 9.91. The SMILES string of the molecule is O=C(NCCCOc1c(Cl)cc(OCC=C(Cl)Cl)cc1Cl)c1ccc(Cl)nc1. The Labute approximate surface area is 187 Å². The Morgan fingerprint density at radius 3 is 2.43 bits per heavy atom. The van der Waals surface area contributed by atoms with Gasteiger partial charge in [0, 0.05) is 24.9 Å². The van der Waals surface area contributed by atoms with Gasteiger partial charge >= 0.3 is 0 Å². The van der Waals surface area contributed by atoms with E-state index in [9.17, 15) is 4.79 Å². The van der Waals surface area contributed by atoms with Crippen LogP contribution in [-0.2, 0) is 0 Å². The largest absolute Gasteiger partial charge is 0.490 e. The standard InChI is InChI=1S/C18H15Cl5N2O3/c19-13-8-12(27-7-4-15(21)22)9-14(20)17(13)28-6-1-5-24-18(26)11-2-3-16(23)25-10-11/h2-4,8-10H,1,5-7H2,(H,24,26). The van der Waals surface area contributed by atoms with Crippen molar-refractivity contribution in [3.63, 3.8) is 0 Å². The molecule has 10 heteroatoms. The zero-order chi connectivity index (χ0) is 20.5. The second-order valence-electron chi connectivity index (χ2n) is 5.35. The molecule has 1 aromatic heterocycles. The molecule has 0 spiro atoms. The van der Waals surface area contributed by atoms with Gasteiger partial charge in [0.05, 0.1) is 22.2 Å². The van der Waals surface area contributed by atoms with E-state index in [4.69, 9.17) is 67.5 Å². The van der Waals surface area contributed by atoms with Crippen LogP contribution in [-0.4, -0.2) is 30.6 Å². The number of pyridine rings is 1. The van der Waals surface area contributed by atoms with Crippen LogP contribution in [0.2, 0.25) is 15.2 Å². The third-order valence-corrected chi connectivity index (χ3v) is 4.40. The van der Waals surface area contributed by atoms with Crippen molar-refractivity contribution >= 4 is 63.9 Å². The van der Waals surface area contributed by atoms with E-state index in [1.807, 2.05) is 0 Å². The average Bonchev–Trinajstić information content (AvgIpc) is 2.63. The van der Waals surface area contributed by atoms with E-state index < -0.39 is 0 Å². The average molecular weight is 485 g/mol. The number of nitrogens with zero attached hydrogens (tertiary/aromatic N) is 1. The van der Waals surface area contributed by atoms with E-state index >= 15 is 0 Å². The molecule has 0 unspecified atom stereocenters. The Hall–Kier alpha value is -1.37. The molecule has 5 nitrogen and oxygen atoms in total. The van der Waals surface area contributed by atoms with Crippen molar-refractivity contribution in [2.24, 2.45) is 0 Å². The number of aromatic nitrogens is 1. The smallest absolute Gasteiger partial charge is 0.252 e. The maximum absolute atomic E-state index is 12.0. The van der Waals surface area contributed by atoms with E-state index in [-0.39, 0.29) is 17.0 Å². The van der Waals surface area contributed by atoms with Crippen molar-refractivity contribution in [2.45, 2.75) is 6.42 Å². The summed E-state index contributed by atoms with van der Waals surface area (Å²) in [5, 5.41) is 3.70. The zero-order valence-electron chi connectivity index (χ0n) is 14.4. The van der Waals surface area contributed by atoms with Crippen LogP contribution in [0.5, 0.6) is 11.5 Å². The summed E-state index contributed by atoms with van der Waals surface area (Å²) in [6.07, 6.45) is 3.45. The van der Waals surface area contributed by atoms with Crippen LogP contribution in [0.3, 0.4) is 0 Å². The molecule has 150 valence electrons. The van der Waals surface area contributed by atoms with Crippen molar-refractivity contribution < 1.29 is 14.3 Å². The number of hydrogen-bond acceptors (Lipinski definition) is 4. The maximum atomic E-state index is 12.0. The molecule has 0 aliphatic heterocycles. The highest BCUT2D eigenvalue weighted by atomic mass is 35.5. The van der Waals surface area contributed by atoms with Gasteiger partial charge in [-0.1, -0.05) is 58.0 Å². The zero-order valence-corrected chi connectivity index (χ0v) is 18.1. The lowest BCUT2D eigenvalue weighted by atomic mass is 10.2. The van der Waals surface area contributed by atoms with Crippen LogP contribution in [0.15, 0.2) is 41.0 Å². The Bertz CT molecular complexity index is 817. The predicted octanol–water partition coefficient (Wildman–Crippen LogP) is 5.94. The summed E-state index contributed by atoms with van der Waals surface area (Å²) in [7, 11) is 0. The van der Waals surface area contributed by atoms with Crippen LogP contribution in [0.4, 0.5) is 0 Å². The minimum absolute atomic E-state index is 0.108. The Kier molecular flexibility index (Phi) is 9.48. The summed E-state index contributed by atoms with van der Waals surface area (Å²) in [4.78, 5) is 15.8. The summed E-state index contributed by atoms with van der Waals surface area (Å²) in [6, 6.07) is 6.31. The van der Waals surface area contributed by atoms with E-state index in [0.717, 1.165) is 0 Å². The predicted molar refractivity (Wildman–Crippen MR) is 113 cm³/mol. The summed E-state index contributed by atoms with van der Waals surface area (Å²) < 4.78 is 11.1. The molecule has 1 amide bonds. The molecule has 2 aromatic rings. The molecule has 0 aliphatic rings. The van der Waals surface area contributed by atoms with Gasteiger partial charge in [-0.3, -0.25) is 4.79 Å². The lowest BCUT2D eigenvalue weighted by Crippen LogP contribution is -2.25. The van der Waals surface area contributed by atoms with Crippen LogP contribution >= 0.6 is 58.0 Å². The first-order valence-electron chi connectivity index (χ1n) is 8.02. The van der Waals surface area contributed by atoms with Gasteiger partial charge in [-0.25, -0.2) is 4.98 Å². The normalized spacial score (nSPS) is 10.3. The van der Waals surface area contributed by atoms with Gasteiger partial charge in [0.1, 0.15) is 22.0 Å². The quantitative estimate of drug-likeness (QED) is 0.354. The fraction of sp³-hybridized carbons (Fsp3) is 0.222. The van der Waals surface area contributed by atoms with Gasteiger partial charge in [-0.15, -0.1) is 0 Å². The number of rotatable bonds is 9. The topological polar surface area (TPSA) is 60.5 Å². The molecular weight excluding hydrogens is 469 g/mol. The number of amides is 1. The Balaban J connectivity index is 1.78. The number of nitrogens with one attached hydrogen (secondary N) is 1. The van der Waals surface area contributed by atoms with Crippen molar-refractivity contribution in [2.75, 3.05) is 19.8 Å². The molecule has 0 aliphatic carbocycles. The van der Waals surface area contributed by atoms with Crippen molar-refractivity contribution in [1.82, 2.24) is 10.3 Å². The van der Waals surface area contributed by atoms with Gasteiger partial charge in [-0.2, -0.15) is 0 Å². The molecule has 1 N–H and O–H groups in total. The number of halogens is 5. The van der Waals surface area contributed by atoms with E-state index in [1.54, 1.807) is 24.3 Å². The van der Waals surface area contributed by atoms with Crippen LogP contribution < -0.4 is 14.8 Å². The number of benzene rings is 1. The summed E-state index contributed by atoms with van der Waals surface area (Å²) in [6.45, 7) is 0.894. The molecule has 0 radical (unpaired) electrons.